The molecule has 0 radical (unpaired) electrons. The zero-order valence-electron chi connectivity index (χ0n) is 19.6. The Morgan fingerprint density at radius 3 is 1.87 bits per heavy atom. The predicted octanol–water partition coefficient (Wildman–Crippen LogP) is 7.15. The van der Waals surface area contributed by atoms with E-state index in [1.54, 1.807) is 7.91 Å². The highest BCUT2D eigenvalue weighted by Crippen LogP contribution is 2.28. The highest BCUT2D eigenvalue weighted by atomic mass is 79.9. The lowest BCUT2D eigenvalue weighted by molar-refractivity contribution is 1.01. The van der Waals surface area contributed by atoms with E-state index >= 15 is 0 Å². The summed E-state index contributed by atoms with van der Waals surface area (Å²) >= 11 is 9.15. The van der Waals surface area contributed by atoms with Gasteiger partial charge in [-0.2, -0.15) is 0 Å². The van der Waals surface area contributed by atoms with E-state index in [0.717, 1.165) is 40.7 Å². The molecule has 0 aliphatic heterocycles. The van der Waals surface area contributed by atoms with Crippen LogP contribution in [0.25, 0.3) is 41.0 Å². The zero-order chi connectivity index (χ0) is 26.2. The van der Waals surface area contributed by atoms with Crippen LogP contribution in [0.5, 0.6) is 0 Å². The minimum atomic E-state index is -0.0425. The summed E-state index contributed by atoms with van der Waals surface area (Å²) < 4.78 is 6.22. The number of rotatable bonds is 3. The Balaban J connectivity index is 0.000000146. The Hall–Kier alpha value is -3.29. The normalized spacial score (nSPS) is 11.1. The second-order valence-corrected chi connectivity index (χ2v) is 12.7. The molecule has 0 amide bonds. The second-order valence-electron chi connectivity index (χ2n) is 8.04. The van der Waals surface area contributed by atoms with E-state index < -0.39 is 0 Å². The molecular formula is C26H16BrN5O2S4. The molecule has 4 heterocycles. The molecule has 7 aromatic rings. The van der Waals surface area contributed by atoms with Gasteiger partial charge in [0.2, 0.25) is 10.3 Å². The lowest BCUT2D eigenvalue weighted by Crippen LogP contribution is -2.10. The molecule has 0 fully saturated rings. The SMILES string of the molecule is Cc1csc(-n2sc3ccccc3c2=O)n1.O=c1c2ccccc2sn1-c1nnc(-c2ccc(Br)cc2)s1. The first-order valence-electron chi connectivity index (χ1n) is 11.2. The number of fused-ring (bicyclic) bond motifs is 2. The molecule has 12 heteroatoms. The summed E-state index contributed by atoms with van der Waals surface area (Å²) in [5, 5.41) is 14.0. The third-order valence-corrected chi connectivity index (χ3v) is 10.3. The number of thiazole rings is 1. The van der Waals surface area contributed by atoms with Crippen molar-refractivity contribution >= 4 is 81.8 Å². The van der Waals surface area contributed by atoms with Gasteiger partial charge in [0, 0.05) is 15.4 Å². The van der Waals surface area contributed by atoms with Crippen LogP contribution in [0, 0.1) is 6.92 Å². The molecule has 3 aromatic carbocycles. The lowest BCUT2D eigenvalue weighted by Gasteiger charge is -1.94. The first-order chi connectivity index (χ1) is 18.5. The van der Waals surface area contributed by atoms with E-state index in [-0.39, 0.29) is 11.1 Å². The largest absolute Gasteiger partial charge is 0.275 e. The van der Waals surface area contributed by atoms with Gasteiger partial charge in [-0.1, -0.05) is 63.7 Å². The number of benzene rings is 3. The van der Waals surface area contributed by atoms with Crippen LogP contribution in [0.4, 0.5) is 0 Å². The Morgan fingerprint density at radius 2 is 1.32 bits per heavy atom. The zero-order valence-corrected chi connectivity index (χ0v) is 24.4. The Morgan fingerprint density at radius 1 is 0.737 bits per heavy atom. The molecule has 0 saturated carbocycles. The summed E-state index contributed by atoms with van der Waals surface area (Å²) in [6.07, 6.45) is 0. The predicted molar refractivity (Wildman–Crippen MR) is 162 cm³/mol. The highest BCUT2D eigenvalue weighted by Gasteiger charge is 2.14. The summed E-state index contributed by atoms with van der Waals surface area (Å²) in [6.45, 7) is 1.93. The summed E-state index contributed by atoms with van der Waals surface area (Å²) in [7, 11) is 0. The van der Waals surface area contributed by atoms with Crippen LogP contribution in [0.2, 0.25) is 0 Å². The molecule has 0 aliphatic rings. The number of hydrogen-bond acceptors (Lipinski definition) is 9. The third-order valence-electron chi connectivity index (χ3n) is 5.44. The van der Waals surface area contributed by atoms with E-state index in [2.05, 4.69) is 31.1 Å². The van der Waals surface area contributed by atoms with Gasteiger partial charge < -0.3 is 0 Å². The number of nitrogens with zero attached hydrogens (tertiary/aromatic N) is 5. The molecule has 0 N–H and O–H groups in total. The van der Waals surface area contributed by atoms with Crippen molar-refractivity contribution in [2.24, 2.45) is 0 Å². The highest BCUT2D eigenvalue weighted by molar-refractivity contribution is 9.10. The number of aromatic nitrogens is 5. The first kappa shape index (κ1) is 25.0. The first-order valence-corrected chi connectivity index (χ1v) is 15.3. The van der Waals surface area contributed by atoms with Crippen LogP contribution in [0.3, 0.4) is 0 Å². The van der Waals surface area contributed by atoms with Crippen molar-refractivity contribution in [3.05, 3.63) is 109 Å². The topological polar surface area (TPSA) is 82.7 Å². The van der Waals surface area contributed by atoms with Crippen molar-refractivity contribution < 1.29 is 0 Å². The van der Waals surface area contributed by atoms with Gasteiger partial charge in [-0.05, 0) is 66.4 Å². The molecule has 0 bridgehead atoms. The summed E-state index contributed by atoms with van der Waals surface area (Å²) in [5.41, 5.74) is 1.92. The molecule has 0 saturated heterocycles. The number of aryl methyl sites for hydroxylation is 1. The quantitative estimate of drug-likeness (QED) is 0.205. The van der Waals surface area contributed by atoms with Crippen molar-refractivity contribution in [1.29, 1.82) is 0 Å². The number of hydrogen-bond donors (Lipinski definition) is 0. The Bertz CT molecular complexity index is 2010. The summed E-state index contributed by atoms with van der Waals surface area (Å²) in [6, 6.07) is 23.1. The fraction of sp³-hybridized carbons (Fsp3) is 0.0385. The average molecular weight is 639 g/mol. The van der Waals surface area contributed by atoms with Gasteiger partial charge in [-0.25, -0.2) is 12.9 Å². The standard InChI is InChI=1S/C15H8BrN3OS2.C11H8N2OS2/c16-10-7-5-9(6-8-10)13-17-18-15(21-13)19-14(20)11-3-1-2-4-12(11)22-19;1-7-6-15-11(12-7)13-10(14)8-4-2-3-5-9(8)16-13/h1-8H;2-6H,1H3. The second kappa shape index (κ2) is 10.5. The molecule has 0 unspecified atom stereocenters. The van der Waals surface area contributed by atoms with Crippen LogP contribution in [0.1, 0.15) is 5.69 Å². The van der Waals surface area contributed by atoms with E-state index in [4.69, 9.17) is 0 Å². The molecule has 4 aromatic heterocycles. The minimum Gasteiger partial charge on any atom is -0.267 e. The van der Waals surface area contributed by atoms with Crippen molar-refractivity contribution in [1.82, 2.24) is 23.1 Å². The van der Waals surface area contributed by atoms with Gasteiger partial charge in [0.15, 0.2) is 0 Å². The van der Waals surface area contributed by atoms with Crippen molar-refractivity contribution in [2.45, 2.75) is 6.92 Å². The van der Waals surface area contributed by atoms with Crippen LogP contribution in [-0.2, 0) is 0 Å². The van der Waals surface area contributed by atoms with Gasteiger partial charge in [-0.15, -0.1) is 21.5 Å². The van der Waals surface area contributed by atoms with Crippen molar-refractivity contribution in [3.63, 3.8) is 0 Å². The molecule has 0 spiro atoms. The van der Waals surface area contributed by atoms with Gasteiger partial charge in [0.05, 0.1) is 25.9 Å². The van der Waals surface area contributed by atoms with E-state index in [9.17, 15) is 9.59 Å². The molecule has 7 nitrogen and oxygen atoms in total. The summed E-state index contributed by atoms with van der Waals surface area (Å²) in [4.78, 5) is 28.8. The fourth-order valence-corrected chi connectivity index (χ4v) is 7.60. The smallest absolute Gasteiger partial charge is 0.267 e. The van der Waals surface area contributed by atoms with Crippen LogP contribution < -0.4 is 11.1 Å². The monoisotopic (exact) mass is 637 g/mol. The summed E-state index contributed by atoms with van der Waals surface area (Å²) in [5.74, 6) is 0. The maximum Gasteiger partial charge on any atom is 0.275 e. The fourth-order valence-electron chi connectivity index (χ4n) is 3.64. The van der Waals surface area contributed by atoms with E-state index in [0.29, 0.717) is 10.5 Å². The molecule has 7 rings (SSSR count). The molecule has 38 heavy (non-hydrogen) atoms. The Labute approximate surface area is 240 Å². The molecule has 188 valence electrons. The minimum absolute atomic E-state index is 0.0231. The molecule has 0 aliphatic carbocycles. The van der Waals surface area contributed by atoms with Crippen molar-refractivity contribution in [2.75, 3.05) is 0 Å². The van der Waals surface area contributed by atoms with Gasteiger partial charge in [0.25, 0.3) is 11.1 Å². The van der Waals surface area contributed by atoms with Crippen LogP contribution in [-0.4, -0.2) is 23.1 Å². The van der Waals surface area contributed by atoms with E-state index in [1.165, 1.54) is 45.7 Å². The van der Waals surface area contributed by atoms with Crippen LogP contribution in [0.15, 0.2) is 92.2 Å². The molecule has 0 atom stereocenters. The van der Waals surface area contributed by atoms with Crippen LogP contribution >= 0.6 is 61.7 Å². The number of halogens is 1. The maximum atomic E-state index is 12.4. The van der Waals surface area contributed by atoms with Crippen molar-refractivity contribution in [3.8, 4) is 20.8 Å². The van der Waals surface area contributed by atoms with Gasteiger partial charge in [0.1, 0.15) is 5.01 Å². The average Bonchev–Trinajstić information content (AvgIpc) is 3.72. The molecular weight excluding hydrogens is 622 g/mol. The third kappa shape index (κ3) is 4.81. The Kier molecular flexibility index (Phi) is 6.89. The maximum absolute atomic E-state index is 12.4. The lowest BCUT2D eigenvalue weighted by atomic mass is 10.2. The van der Waals surface area contributed by atoms with Gasteiger partial charge >= 0.3 is 0 Å². The van der Waals surface area contributed by atoms with Gasteiger partial charge in [-0.3, -0.25) is 9.59 Å². The van der Waals surface area contributed by atoms with E-state index in [1.807, 2.05) is 85.1 Å².